The molecule has 0 atom stereocenters. The van der Waals surface area contributed by atoms with Gasteiger partial charge in [-0.1, -0.05) is 31.5 Å². The molecule has 1 aromatic rings. The van der Waals surface area contributed by atoms with Crippen molar-refractivity contribution in [1.29, 1.82) is 0 Å². The van der Waals surface area contributed by atoms with Crippen molar-refractivity contribution in [1.82, 2.24) is 4.90 Å². The molecule has 0 radical (unpaired) electrons. The van der Waals surface area contributed by atoms with Gasteiger partial charge < -0.3 is 10.0 Å². The van der Waals surface area contributed by atoms with Crippen molar-refractivity contribution >= 4 is 17.5 Å². The van der Waals surface area contributed by atoms with Gasteiger partial charge in [-0.2, -0.15) is 0 Å². The number of aliphatic hydroxyl groups is 1. The maximum absolute atomic E-state index is 13.6. The fourth-order valence-corrected chi connectivity index (χ4v) is 2.35. The highest BCUT2D eigenvalue weighted by Gasteiger charge is 2.45. The Bertz CT molecular complexity index is 478. The van der Waals surface area contributed by atoms with Crippen LogP contribution in [0, 0.1) is 11.7 Å². The lowest BCUT2D eigenvalue weighted by molar-refractivity contribution is -0.163. The van der Waals surface area contributed by atoms with Crippen molar-refractivity contribution in [2.45, 2.75) is 25.9 Å². The SMILES string of the molecule is CC(C)C1(O)CN(C(=O)Cc2c(F)cccc2Cl)C1. The third-order valence-corrected chi connectivity index (χ3v) is 4.10. The average Bonchev–Trinajstić information content (AvgIpc) is 2.29. The first-order valence-corrected chi connectivity index (χ1v) is 6.64. The summed E-state index contributed by atoms with van der Waals surface area (Å²) in [6, 6.07) is 4.36. The standard InChI is InChI=1S/C14H17ClFNO2/c1-9(2)14(19)7-17(8-14)13(18)6-10-11(15)4-3-5-12(10)16/h3-5,9,19H,6-8H2,1-2H3. The Balaban J connectivity index is 2.01. The number of benzene rings is 1. The number of carbonyl (C=O) groups excluding carboxylic acids is 1. The number of hydrogen-bond acceptors (Lipinski definition) is 2. The minimum Gasteiger partial charge on any atom is -0.386 e. The number of nitrogens with zero attached hydrogens (tertiary/aromatic N) is 1. The molecule has 1 saturated heterocycles. The summed E-state index contributed by atoms with van der Waals surface area (Å²) in [6.45, 7) is 4.43. The zero-order valence-corrected chi connectivity index (χ0v) is 11.7. The van der Waals surface area contributed by atoms with Crippen LogP contribution in [0.15, 0.2) is 18.2 Å². The second-order valence-corrected chi connectivity index (χ2v) is 5.79. The van der Waals surface area contributed by atoms with E-state index in [1.54, 1.807) is 6.07 Å². The van der Waals surface area contributed by atoms with Crippen LogP contribution in [-0.2, 0) is 11.2 Å². The molecule has 0 bridgehead atoms. The second-order valence-electron chi connectivity index (χ2n) is 5.39. The molecule has 2 rings (SSSR count). The van der Waals surface area contributed by atoms with Crippen LogP contribution in [0.1, 0.15) is 19.4 Å². The van der Waals surface area contributed by atoms with Gasteiger partial charge in [0.05, 0.1) is 19.5 Å². The number of halogens is 2. The van der Waals surface area contributed by atoms with Crippen molar-refractivity contribution in [3.05, 3.63) is 34.6 Å². The Hall–Kier alpha value is -1.13. The van der Waals surface area contributed by atoms with Gasteiger partial charge in [-0.3, -0.25) is 4.79 Å². The second kappa shape index (κ2) is 5.10. The predicted molar refractivity (Wildman–Crippen MR) is 71.5 cm³/mol. The van der Waals surface area contributed by atoms with Gasteiger partial charge in [0, 0.05) is 10.6 Å². The van der Waals surface area contributed by atoms with Crippen LogP contribution in [0.2, 0.25) is 5.02 Å². The largest absolute Gasteiger partial charge is 0.386 e. The van der Waals surface area contributed by atoms with Crippen molar-refractivity contribution < 1.29 is 14.3 Å². The summed E-state index contributed by atoms with van der Waals surface area (Å²) in [5, 5.41) is 10.3. The number of likely N-dealkylation sites (tertiary alicyclic amines) is 1. The third kappa shape index (κ3) is 2.74. The topological polar surface area (TPSA) is 40.5 Å². The third-order valence-electron chi connectivity index (χ3n) is 3.75. The van der Waals surface area contributed by atoms with E-state index in [4.69, 9.17) is 11.6 Å². The van der Waals surface area contributed by atoms with E-state index in [0.717, 1.165) is 0 Å². The van der Waals surface area contributed by atoms with E-state index in [9.17, 15) is 14.3 Å². The summed E-state index contributed by atoms with van der Waals surface area (Å²) >= 11 is 5.89. The molecule has 1 N–H and O–H groups in total. The minimum absolute atomic E-state index is 0.0698. The zero-order chi connectivity index (χ0) is 14.2. The maximum atomic E-state index is 13.6. The molecule has 1 amide bonds. The molecule has 1 aliphatic heterocycles. The van der Waals surface area contributed by atoms with Gasteiger partial charge in [-0.05, 0) is 18.1 Å². The molecule has 5 heteroatoms. The number of rotatable bonds is 3. The van der Waals surface area contributed by atoms with Crippen molar-refractivity contribution in [3.8, 4) is 0 Å². The lowest BCUT2D eigenvalue weighted by Gasteiger charge is -2.49. The molecule has 104 valence electrons. The van der Waals surface area contributed by atoms with Crippen molar-refractivity contribution in [2.24, 2.45) is 5.92 Å². The summed E-state index contributed by atoms with van der Waals surface area (Å²) in [5.74, 6) is -0.591. The number of carbonyl (C=O) groups is 1. The Morgan fingerprint density at radius 3 is 2.68 bits per heavy atom. The number of β-amino-alcohol motifs (C(OH)–C–C–N with tert-alkyl or cyclic N) is 1. The van der Waals surface area contributed by atoms with Crippen LogP contribution < -0.4 is 0 Å². The zero-order valence-electron chi connectivity index (χ0n) is 11.0. The van der Waals surface area contributed by atoms with Crippen LogP contribution in [-0.4, -0.2) is 34.6 Å². The summed E-state index contributed by atoms with van der Waals surface area (Å²) in [4.78, 5) is 13.5. The quantitative estimate of drug-likeness (QED) is 0.925. The van der Waals surface area contributed by atoms with Gasteiger partial charge >= 0.3 is 0 Å². The van der Waals surface area contributed by atoms with Gasteiger partial charge in [0.2, 0.25) is 5.91 Å². The Kier molecular flexibility index (Phi) is 3.83. The first-order valence-electron chi connectivity index (χ1n) is 6.26. The van der Waals surface area contributed by atoms with E-state index >= 15 is 0 Å². The highest BCUT2D eigenvalue weighted by atomic mass is 35.5. The van der Waals surface area contributed by atoms with Gasteiger partial charge in [0.1, 0.15) is 11.4 Å². The lowest BCUT2D eigenvalue weighted by atomic mass is 9.82. The predicted octanol–water partition coefficient (Wildman–Crippen LogP) is 2.25. The normalized spacial score (nSPS) is 17.5. The fraction of sp³-hybridized carbons (Fsp3) is 0.500. The first kappa shape index (κ1) is 14.3. The molecule has 3 nitrogen and oxygen atoms in total. The minimum atomic E-state index is -0.811. The van der Waals surface area contributed by atoms with Crippen LogP contribution in [0.4, 0.5) is 4.39 Å². The number of amides is 1. The summed E-state index contributed by atoms with van der Waals surface area (Å²) in [7, 11) is 0. The number of hydrogen-bond donors (Lipinski definition) is 1. The Morgan fingerprint density at radius 1 is 1.53 bits per heavy atom. The van der Waals surface area contributed by atoms with E-state index in [-0.39, 0.29) is 28.8 Å². The highest BCUT2D eigenvalue weighted by Crippen LogP contribution is 2.29. The Labute approximate surface area is 117 Å². The smallest absolute Gasteiger partial charge is 0.227 e. The highest BCUT2D eigenvalue weighted by molar-refractivity contribution is 6.31. The molecule has 1 fully saturated rings. The first-order chi connectivity index (χ1) is 8.83. The van der Waals surface area contributed by atoms with Gasteiger partial charge in [0.15, 0.2) is 0 Å². The van der Waals surface area contributed by atoms with Crippen molar-refractivity contribution in [3.63, 3.8) is 0 Å². The molecule has 0 saturated carbocycles. The van der Waals surface area contributed by atoms with Gasteiger partial charge in [-0.15, -0.1) is 0 Å². The van der Waals surface area contributed by atoms with Crippen LogP contribution in [0.25, 0.3) is 0 Å². The maximum Gasteiger partial charge on any atom is 0.227 e. The lowest BCUT2D eigenvalue weighted by Crippen LogP contribution is -2.66. The van der Waals surface area contributed by atoms with Gasteiger partial charge in [0.25, 0.3) is 0 Å². The van der Waals surface area contributed by atoms with Crippen molar-refractivity contribution in [2.75, 3.05) is 13.1 Å². The van der Waals surface area contributed by atoms with Gasteiger partial charge in [-0.25, -0.2) is 4.39 Å². The average molecular weight is 286 g/mol. The van der Waals surface area contributed by atoms with E-state index in [2.05, 4.69) is 0 Å². The van der Waals surface area contributed by atoms with E-state index < -0.39 is 11.4 Å². The summed E-state index contributed by atoms with van der Waals surface area (Å²) in [5.41, 5.74) is -0.594. The molecule has 0 aliphatic carbocycles. The van der Waals surface area contributed by atoms with Crippen LogP contribution in [0.5, 0.6) is 0 Å². The molecular weight excluding hydrogens is 269 g/mol. The molecule has 1 heterocycles. The van der Waals surface area contributed by atoms with E-state index in [0.29, 0.717) is 13.1 Å². The van der Waals surface area contributed by atoms with Crippen LogP contribution in [0.3, 0.4) is 0 Å². The Morgan fingerprint density at radius 2 is 2.16 bits per heavy atom. The molecule has 1 aromatic carbocycles. The monoisotopic (exact) mass is 285 g/mol. The summed E-state index contributed by atoms with van der Waals surface area (Å²) in [6.07, 6.45) is -0.0698. The molecule has 0 aromatic heterocycles. The van der Waals surface area contributed by atoms with E-state index in [1.807, 2.05) is 13.8 Å². The molecule has 1 aliphatic rings. The van der Waals surface area contributed by atoms with E-state index in [1.165, 1.54) is 17.0 Å². The van der Waals surface area contributed by atoms with Crippen LogP contribution >= 0.6 is 11.6 Å². The molecule has 19 heavy (non-hydrogen) atoms. The fourth-order valence-electron chi connectivity index (χ4n) is 2.12. The molecule has 0 spiro atoms. The molecular formula is C14H17ClFNO2. The summed E-state index contributed by atoms with van der Waals surface area (Å²) < 4.78 is 13.6. The molecule has 0 unspecified atom stereocenters.